The van der Waals surface area contributed by atoms with Gasteiger partial charge in [0.1, 0.15) is 17.7 Å². The fourth-order valence-electron chi connectivity index (χ4n) is 4.79. The third-order valence-corrected chi connectivity index (χ3v) is 8.67. The van der Waals surface area contributed by atoms with Crippen molar-refractivity contribution in [2.24, 2.45) is 0 Å². The number of unbranched alkanes of at least 4 members (excludes halogenated alkanes) is 1. The number of aromatic hydroxyl groups is 1. The monoisotopic (exact) mass is 578 g/mol. The van der Waals surface area contributed by atoms with Gasteiger partial charge < -0.3 is 5.11 Å². The standard InChI is InChI=1S/C30H28F2N4O4S/c1-4-6-7-27-35-29(37)28(30(38)36(27)25(5-2)20-8-9-21(17-33)24(31)16-20)41(39,40)22-12-10-19(11-13-22)23-14-15-26(32)34-18(23)3/h8-16,25,38H,4-7H2,1-3H3. The van der Waals surface area contributed by atoms with Crippen molar-refractivity contribution in [1.82, 2.24) is 14.5 Å². The number of halogens is 2. The van der Waals surface area contributed by atoms with E-state index in [1.54, 1.807) is 19.9 Å². The number of aryl methyl sites for hydroxylation is 2. The minimum absolute atomic E-state index is 0.157. The summed E-state index contributed by atoms with van der Waals surface area (Å²) in [4.78, 5) is 19.9. The molecule has 1 atom stereocenters. The van der Waals surface area contributed by atoms with Crippen LogP contribution in [0.15, 0.2) is 69.2 Å². The van der Waals surface area contributed by atoms with Gasteiger partial charge in [0.05, 0.1) is 16.5 Å². The molecule has 0 radical (unpaired) electrons. The van der Waals surface area contributed by atoms with Crippen molar-refractivity contribution in [3.8, 4) is 23.1 Å². The topological polar surface area (TPSA) is 126 Å². The molecule has 0 saturated heterocycles. The summed E-state index contributed by atoms with van der Waals surface area (Å²) in [6.45, 7) is 5.32. The summed E-state index contributed by atoms with van der Waals surface area (Å²) in [6.07, 6.45) is 1.92. The molecule has 0 bridgehead atoms. The van der Waals surface area contributed by atoms with Gasteiger partial charge in [0, 0.05) is 17.7 Å². The lowest BCUT2D eigenvalue weighted by Crippen LogP contribution is -2.27. The lowest BCUT2D eigenvalue weighted by molar-refractivity contribution is 0.358. The van der Waals surface area contributed by atoms with Crippen LogP contribution in [0, 0.1) is 30.0 Å². The first-order valence-corrected chi connectivity index (χ1v) is 14.5. The van der Waals surface area contributed by atoms with Crippen LogP contribution in [0.4, 0.5) is 8.78 Å². The average molecular weight is 579 g/mol. The lowest BCUT2D eigenvalue weighted by atomic mass is 10.0. The molecule has 2 aromatic carbocycles. The molecule has 0 aliphatic heterocycles. The van der Waals surface area contributed by atoms with Gasteiger partial charge in [-0.05, 0) is 67.3 Å². The van der Waals surface area contributed by atoms with E-state index in [0.29, 0.717) is 35.2 Å². The Balaban J connectivity index is 1.87. The second-order valence-corrected chi connectivity index (χ2v) is 11.4. The van der Waals surface area contributed by atoms with E-state index in [1.807, 2.05) is 6.92 Å². The predicted molar refractivity (Wildman–Crippen MR) is 148 cm³/mol. The quantitative estimate of drug-likeness (QED) is 0.255. The summed E-state index contributed by atoms with van der Waals surface area (Å²) in [6, 6.07) is 13.3. The number of rotatable bonds is 9. The molecule has 1 N–H and O–H groups in total. The molecule has 2 heterocycles. The lowest BCUT2D eigenvalue weighted by Gasteiger charge is -2.25. The Hall–Kier alpha value is -4.43. The number of hydrogen-bond acceptors (Lipinski definition) is 7. The van der Waals surface area contributed by atoms with Crippen molar-refractivity contribution >= 4 is 9.84 Å². The summed E-state index contributed by atoms with van der Waals surface area (Å²) in [5.41, 5.74) is 0.709. The van der Waals surface area contributed by atoms with Crippen molar-refractivity contribution in [2.75, 3.05) is 0 Å². The molecule has 4 rings (SSSR count). The van der Waals surface area contributed by atoms with Crippen molar-refractivity contribution in [3.05, 3.63) is 99.4 Å². The van der Waals surface area contributed by atoms with Gasteiger partial charge in [-0.1, -0.05) is 38.5 Å². The fourth-order valence-corrected chi connectivity index (χ4v) is 6.13. The van der Waals surface area contributed by atoms with Crippen molar-refractivity contribution in [2.45, 2.75) is 62.3 Å². The van der Waals surface area contributed by atoms with Crippen LogP contribution < -0.4 is 5.56 Å². The van der Waals surface area contributed by atoms with Gasteiger partial charge in [0.2, 0.25) is 21.7 Å². The molecule has 0 aliphatic carbocycles. The molecule has 4 aromatic rings. The molecule has 1 unspecified atom stereocenters. The first-order chi connectivity index (χ1) is 19.5. The van der Waals surface area contributed by atoms with Gasteiger partial charge >= 0.3 is 0 Å². The van der Waals surface area contributed by atoms with Crippen LogP contribution in [-0.4, -0.2) is 28.1 Å². The first kappa shape index (κ1) is 29.6. The maximum absolute atomic E-state index is 14.5. The average Bonchev–Trinajstić information content (AvgIpc) is 2.93. The van der Waals surface area contributed by atoms with E-state index in [9.17, 15) is 27.1 Å². The van der Waals surface area contributed by atoms with Gasteiger partial charge in [-0.3, -0.25) is 9.36 Å². The summed E-state index contributed by atoms with van der Waals surface area (Å²) >= 11 is 0. The Bertz CT molecular complexity index is 1810. The van der Waals surface area contributed by atoms with E-state index in [1.165, 1.54) is 53.1 Å². The maximum atomic E-state index is 14.5. The van der Waals surface area contributed by atoms with E-state index in [4.69, 9.17) is 5.26 Å². The van der Waals surface area contributed by atoms with Crippen LogP contribution in [-0.2, 0) is 16.3 Å². The van der Waals surface area contributed by atoms with Gasteiger partial charge in [-0.2, -0.15) is 14.6 Å². The summed E-state index contributed by atoms with van der Waals surface area (Å²) in [5, 5.41) is 20.5. The van der Waals surface area contributed by atoms with Gasteiger partial charge in [-0.15, -0.1) is 0 Å². The molecule has 0 amide bonds. The largest absolute Gasteiger partial charge is 0.493 e. The molecule has 0 aliphatic rings. The summed E-state index contributed by atoms with van der Waals surface area (Å²) in [5.74, 6) is -2.03. The van der Waals surface area contributed by atoms with Crippen LogP contribution in [0.1, 0.15) is 61.8 Å². The summed E-state index contributed by atoms with van der Waals surface area (Å²) < 4.78 is 56.7. The van der Waals surface area contributed by atoms with E-state index in [2.05, 4.69) is 9.97 Å². The maximum Gasteiger partial charge on any atom is 0.296 e. The van der Waals surface area contributed by atoms with Crippen LogP contribution >= 0.6 is 0 Å². The Morgan fingerprint density at radius 2 is 1.76 bits per heavy atom. The SMILES string of the molecule is CCCCc1nc(=O)c(S(=O)(=O)c2ccc(-c3ccc(F)nc3C)cc2)c(O)n1C(CC)c1ccc(C#N)c(F)c1. The van der Waals surface area contributed by atoms with Crippen molar-refractivity contribution < 1.29 is 22.3 Å². The van der Waals surface area contributed by atoms with Crippen LogP contribution in [0.5, 0.6) is 5.88 Å². The zero-order chi connectivity index (χ0) is 29.9. The third-order valence-electron chi connectivity index (χ3n) is 6.88. The Morgan fingerprint density at radius 3 is 2.34 bits per heavy atom. The highest BCUT2D eigenvalue weighted by Crippen LogP contribution is 2.34. The van der Waals surface area contributed by atoms with Crippen LogP contribution in [0.3, 0.4) is 0 Å². The third kappa shape index (κ3) is 5.74. The number of hydrogen-bond donors (Lipinski definition) is 1. The number of benzene rings is 2. The Kier molecular flexibility index (Phi) is 8.63. The number of aromatic nitrogens is 3. The highest BCUT2D eigenvalue weighted by Gasteiger charge is 2.32. The highest BCUT2D eigenvalue weighted by atomic mass is 32.2. The molecule has 0 fully saturated rings. The second kappa shape index (κ2) is 12.0. The van der Waals surface area contributed by atoms with E-state index < -0.39 is 44.0 Å². The first-order valence-electron chi connectivity index (χ1n) is 13.1. The molecular formula is C30H28F2N4O4S. The molecule has 0 spiro atoms. The molecular weight excluding hydrogens is 550 g/mol. The zero-order valence-corrected chi connectivity index (χ0v) is 23.5. The van der Waals surface area contributed by atoms with Crippen LogP contribution in [0.25, 0.3) is 11.1 Å². The highest BCUT2D eigenvalue weighted by molar-refractivity contribution is 7.91. The predicted octanol–water partition coefficient (Wildman–Crippen LogP) is 5.64. The molecule has 8 nitrogen and oxygen atoms in total. The summed E-state index contributed by atoms with van der Waals surface area (Å²) in [7, 11) is -4.56. The minimum atomic E-state index is -4.56. The molecule has 41 heavy (non-hydrogen) atoms. The molecule has 0 saturated carbocycles. The smallest absolute Gasteiger partial charge is 0.296 e. The molecule has 11 heteroatoms. The van der Waals surface area contributed by atoms with E-state index in [-0.39, 0.29) is 22.7 Å². The van der Waals surface area contributed by atoms with Gasteiger partial charge in [0.15, 0.2) is 4.90 Å². The van der Waals surface area contributed by atoms with Crippen LogP contribution in [0.2, 0.25) is 0 Å². The number of sulfone groups is 1. The molecule has 212 valence electrons. The van der Waals surface area contributed by atoms with Gasteiger partial charge in [-0.25, -0.2) is 17.8 Å². The number of nitriles is 1. The van der Waals surface area contributed by atoms with Gasteiger partial charge in [0.25, 0.3) is 5.56 Å². The number of nitrogens with zero attached hydrogens (tertiary/aromatic N) is 4. The van der Waals surface area contributed by atoms with E-state index >= 15 is 0 Å². The van der Waals surface area contributed by atoms with Crippen molar-refractivity contribution in [1.29, 1.82) is 5.26 Å². The Morgan fingerprint density at radius 1 is 1.05 bits per heavy atom. The fraction of sp³-hybridized carbons (Fsp3) is 0.267. The Labute approximate surface area is 236 Å². The molecule has 2 aromatic heterocycles. The number of pyridine rings is 1. The minimum Gasteiger partial charge on any atom is -0.493 e. The second-order valence-electron chi connectivity index (χ2n) is 9.53. The van der Waals surface area contributed by atoms with Crippen molar-refractivity contribution in [3.63, 3.8) is 0 Å². The zero-order valence-electron chi connectivity index (χ0n) is 22.7. The van der Waals surface area contributed by atoms with E-state index in [0.717, 1.165) is 12.5 Å². The normalized spacial score (nSPS) is 12.2.